The Balaban J connectivity index is 1.45. The molecule has 0 spiro atoms. The molecule has 0 aliphatic rings. The first-order chi connectivity index (χ1) is 14.1. The van der Waals surface area contributed by atoms with Crippen LogP contribution in [0.15, 0.2) is 48.8 Å². The highest BCUT2D eigenvalue weighted by molar-refractivity contribution is 7.16. The highest BCUT2D eigenvalue weighted by Crippen LogP contribution is 2.21. The number of pyridine rings is 1. The topological polar surface area (TPSA) is 85.4 Å². The summed E-state index contributed by atoms with van der Waals surface area (Å²) in [4.78, 5) is 21.1. The fraction of sp³-hybridized carbons (Fsp3) is 0.190. The number of ether oxygens (including phenoxy) is 2. The summed E-state index contributed by atoms with van der Waals surface area (Å²) >= 11 is 1.33. The number of nitrogens with one attached hydrogen (secondary N) is 2. The molecule has 0 saturated carbocycles. The highest BCUT2D eigenvalue weighted by Gasteiger charge is 2.09. The van der Waals surface area contributed by atoms with Crippen LogP contribution in [0, 0.1) is 18.8 Å². The lowest BCUT2D eigenvalue weighted by Gasteiger charge is -2.08. The van der Waals surface area contributed by atoms with Crippen LogP contribution in [-0.4, -0.2) is 36.3 Å². The van der Waals surface area contributed by atoms with Gasteiger partial charge < -0.3 is 14.8 Å². The molecule has 7 nitrogen and oxygen atoms in total. The number of hydrogen-bond acceptors (Lipinski definition) is 6. The average molecular weight is 408 g/mol. The molecule has 8 heteroatoms. The molecule has 29 heavy (non-hydrogen) atoms. The van der Waals surface area contributed by atoms with E-state index in [0.717, 1.165) is 21.9 Å². The Kier molecular flexibility index (Phi) is 7.03. The Labute approximate surface area is 173 Å². The first kappa shape index (κ1) is 20.2. The predicted octanol–water partition coefficient (Wildman–Crippen LogP) is 3.46. The second kappa shape index (κ2) is 10.1. The molecular weight excluding hydrogens is 388 g/mol. The lowest BCUT2D eigenvalue weighted by atomic mass is 10.2. The summed E-state index contributed by atoms with van der Waals surface area (Å²) in [6, 6.07) is 10.6. The van der Waals surface area contributed by atoms with Crippen molar-refractivity contribution >= 4 is 22.5 Å². The number of aryl methyl sites for hydroxylation is 1. The van der Waals surface area contributed by atoms with Gasteiger partial charge in [-0.15, -0.1) is 0 Å². The van der Waals surface area contributed by atoms with Crippen molar-refractivity contribution in [2.45, 2.75) is 6.92 Å². The molecule has 1 aromatic carbocycles. The fourth-order valence-corrected chi connectivity index (χ4v) is 3.09. The van der Waals surface area contributed by atoms with Crippen LogP contribution in [0.2, 0.25) is 0 Å². The number of nitrogens with zero attached hydrogens (tertiary/aromatic N) is 2. The first-order valence-corrected chi connectivity index (χ1v) is 9.67. The molecule has 148 valence electrons. The Morgan fingerprint density at radius 1 is 1.10 bits per heavy atom. The molecule has 3 aromatic rings. The Bertz CT molecular complexity index is 1010. The van der Waals surface area contributed by atoms with E-state index in [1.54, 1.807) is 19.5 Å². The maximum Gasteiger partial charge on any atom is 0.321 e. The molecule has 0 fully saturated rings. The van der Waals surface area contributed by atoms with Gasteiger partial charge in [-0.05, 0) is 49.2 Å². The molecule has 2 aromatic heterocycles. The van der Waals surface area contributed by atoms with Gasteiger partial charge in [0.2, 0.25) is 0 Å². The van der Waals surface area contributed by atoms with Crippen LogP contribution in [0.1, 0.15) is 16.1 Å². The normalized spacial score (nSPS) is 9.86. The van der Waals surface area contributed by atoms with Gasteiger partial charge in [0.15, 0.2) is 5.13 Å². The Morgan fingerprint density at radius 2 is 1.83 bits per heavy atom. The largest absolute Gasteiger partial charge is 0.497 e. The van der Waals surface area contributed by atoms with E-state index >= 15 is 0 Å². The minimum absolute atomic E-state index is 0.342. The van der Waals surface area contributed by atoms with E-state index in [9.17, 15) is 4.79 Å². The van der Waals surface area contributed by atoms with E-state index in [0.29, 0.717) is 24.0 Å². The van der Waals surface area contributed by atoms with Crippen LogP contribution in [0.5, 0.6) is 11.5 Å². The lowest BCUT2D eigenvalue weighted by Crippen LogP contribution is -2.32. The number of anilines is 1. The van der Waals surface area contributed by atoms with Crippen LogP contribution < -0.4 is 20.1 Å². The van der Waals surface area contributed by atoms with Crippen molar-refractivity contribution < 1.29 is 14.3 Å². The first-order valence-electron chi connectivity index (χ1n) is 8.85. The number of amides is 2. The van der Waals surface area contributed by atoms with Gasteiger partial charge in [0.05, 0.1) is 19.3 Å². The summed E-state index contributed by atoms with van der Waals surface area (Å²) in [7, 11) is 1.61. The number of benzene rings is 1. The number of carbonyl (C=O) groups is 1. The SMILES string of the molecule is COc1ccc(OCCNC(=O)Nc2nc(C)c(C#Cc3ccncc3)s2)cc1. The quantitative estimate of drug-likeness (QED) is 0.482. The van der Waals surface area contributed by atoms with Crippen molar-refractivity contribution in [3.05, 3.63) is 64.9 Å². The fourth-order valence-electron chi connectivity index (χ4n) is 2.28. The van der Waals surface area contributed by atoms with Crippen molar-refractivity contribution in [1.82, 2.24) is 15.3 Å². The maximum atomic E-state index is 12.0. The zero-order valence-electron chi connectivity index (χ0n) is 16.1. The summed E-state index contributed by atoms with van der Waals surface area (Å²) in [5.74, 6) is 7.61. The van der Waals surface area contributed by atoms with E-state index in [1.165, 1.54) is 11.3 Å². The molecule has 0 aliphatic heterocycles. The van der Waals surface area contributed by atoms with Crippen LogP contribution in [0.4, 0.5) is 9.93 Å². The second-order valence-electron chi connectivity index (χ2n) is 5.82. The highest BCUT2D eigenvalue weighted by atomic mass is 32.1. The van der Waals surface area contributed by atoms with Gasteiger partial charge in [-0.25, -0.2) is 9.78 Å². The molecule has 2 amide bonds. The summed E-state index contributed by atoms with van der Waals surface area (Å²) in [6.07, 6.45) is 3.39. The molecule has 0 radical (unpaired) electrons. The molecule has 0 unspecified atom stereocenters. The van der Waals surface area contributed by atoms with Crippen molar-refractivity contribution in [3.8, 4) is 23.3 Å². The van der Waals surface area contributed by atoms with Crippen LogP contribution in [0.25, 0.3) is 0 Å². The van der Waals surface area contributed by atoms with Gasteiger partial charge in [0.25, 0.3) is 0 Å². The summed E-state index contributed by atoms with van der Waals surface area (Å²) in [6.45, 7) is 2.56. The van der Waals surface area contributed by atoms with E-state index in [1.807, 2.05) is 43.3 Å². The van der Waals surface area contributed by atoms with Crippen molar-refractivity contribution in [2.24, 2.45) is 0 Å². The predicted molar refractivity (Wildman–Crippen MR) is 113 cm³/mol. The summed E-state index contributed by atoms with van der Waals surface area (Å²) in [5.41, 5.74) is 1.65. The lowest BCUT2D eigenvalue weighted by molar-refractivity contribution is 0.247. The zero-order chi connectivity index (χ0) is 20.5. The van der Waals surface area contributed by atoms with Gasteiger partial charge in [-0.3, -0.25) is 10.3 Å². The molecule has 3 rings (SSSR count). The number of aromatic nitrogens is 2. The third kappa shape index (κ3) is 6.23. The van der Waals surface area contributed by atoms with Gasteiger partial charge in [-0.2, -0.15) is 0 Å². The Morgan fingerprint density at radius 3 is 2.55 bits per heavy atom. The number of carbonyl (C=O) groups excluding carboxylic acids is 1. The average Bonchev–Trinajstić information content (AvgIpc) is 3.09. The molecular formula is C21H20N4O3S. The van der Waals surface area contributed by atoms with Gasteiger partial charge in [0, 0.05) is 18.0 Å². The van der Waals surface area contributed by atoms with Crippen molar-refractivity contribution in [2.75, 3.05) is 25.6 Å². The van der Waals surface area contributed by atoms with Gasteiger partial charge in [0.1, 0.15) is 23.0 Å². The third-order valence-corrected chi connectivity index (χ3v) is 4.72. The molecule has 0 saturated heterocycles. The molecule has 2 heterocycles. The van der Waals surface area contributed by atoms with Crippen LogP contribution >= 0.6 is 11.3 Å². The number of methoxy groups -OCH3 is 1. The van der Waals surface area contributed by atoms with Crippen molar-refractivity contribution in [3.63, 3.8) is 0 Å². The summed E-state index contributed by atoms with van der Waals surface area (Å²) in [5, 5.41) is 5.95. The Hall–Kier alpha value is -3.57. The second-order valence-corrected chi connectivity index (χ2v) is 6.82. The molecule has 2 N–H and O–H groups in total. The number of hydrogen-bond donors (Lipinski definition) is 2. The number of urea groups is 1. The number of rotatable bonds is 6. The molecule has 0 atom stereocenters. The van der Waals surface area contributed by atoms with Gasteiger partial charge >= 0.3 is 6.03 Å². The van der Waals surface area contributed by atoms with Crippen molar-refractivity contribution in [1.29, 1.82) is 0 Å². The van der Waals surface area contributed by atoms with E-state index in [4.69, 9.17) is 9.47 Å². The maximum absolute atomic E-state index is 12.0. The minimum Gasteiger partial charge on any atom is -0.497 e. The third-order valence-electron chi connectivity index (χ3n) is 3.73. The number of thiazole rings is 1. The standard InChI is InChI=1S/C21H20N4O3S/c1-15-19(8-3-16-9-11-22-12-10-16)29-21(24-15)25-20(26)23-13-14-28-18-6-4-17(27-2)5-7-18/h4-7,9-12H,13-14H2,1-2H3,(H2,23,24,25,26). The van der Waals surface area contributed by atoms with E-state index in [-0.39, 0.29) is 6.03 Å². The van der Waals surface area contributed by atoms with E-state index in [2.05, 4.69) is 32.4 Å². The van der Waals surface area contributed by atoms with Crippen LogP contribution in [-0.2, 0) is 0 Å². The van der Waals surface area contributed by atoms with Gasteiger partial charge in [-0.1, -0.05) is 17.3 Å². The zero-order valence-corrected chi connectivity index (χ0v) is 16.9. The monoisotopic (exact) mass is 408 g/mol. The molecule has 0 bridgehead atoms. The molecule has 0 aliphatic carbocycles. The van der Waals surface area contributed by atoms with E-state index < -0.39 is 0 Å². The smallest absolute Gasteiger partial charge is 0.321 e. The van der Waals surface area contributed by atoms with Crippen LogP contribution in [0.3, 0.4) is 0 Å². The summed E-state index contributed by atoms with van der Waals surface area (Å²) < 4.78 is 10.7. The minimum atomic E-state index is -0.342.